The summed E-state index contributed by atoms with van der Waals surface area (Å²) in [5.74, 6) is 0. The maximum atomic E-state index is 4.85. The fourth-order valence-corrected chi connectivity index (χ4v) is 7.56. The van der Waals surface area contributed by atoms with Crippen molar-refractivity contribution in [2.24, 2.45) is 4.99 Å². The van der Waals surface area contributed by atoms with Crippen LogP contribution in [-0.4, -0.2) is 17.7 Å². The van der Waals surface area contributed by atoms with Crippen LogP contribution in [0.1, 0.15) is 16.7 Å². The minimum absolute atomic E-state index is 0.920. The number of fused-ring (bicyclic) bond motifs is 6. The normalized spacial score (nSPS) is 12.1. The molecule has 0 spiro atoms. The summed E-state index contributed by atoms with van der Waals surface area (Å²) < 4.78 is 0. The van der Waals surface area contributed by atoms with Crippen molar-refractivity contribution in [3.05, 3.63) is 217 Å². The van der Waals surface area contributed by atoms with Crippen LogP contribution >= 0.6 is 0 Å². The molecule has 0 N–H and O–H groups in total. The Hall–Kier alpha value is -6.90. The molecule has 0 saturated carbocycles. The second-order valence-corrected chi connectivity index (χ2v) is 13.4. The molecule has 250 valence electrons. The lowest BCUT2D eigenvalue weighted by atomic mass is 9.90. The van der Waals surface area contributed by atoms with Gasteiger partial charge in [0.05, 0.1) is 5.71 Å². The molecule has 0 amide bonds. The number of aliphatic imine (C=N–C) groups is 1. The summed E-state index contributed by atoms with van der Waals surface area (Å²) in [6, 6.07) is 65.4. The lowest BCUT2D eigenvalue weighted by Crippen LogP contribution is -2.00. The third-order valence-corrected chi connectivity index (χ3v) is 10.2. The van der Waals surface area contributed by atoms with Gasteiger partial charge in [-0.2, -0.15) is 0 Å². The Morgan fingerprint density at radius 3 is 1.57 bits per heavy atom. The van der Waals surface area contributed by atoms with Crippen LogP contribution in [0, 0.1) is 0 Å². The van der Waals surface area contributed by atoms with E-state index < -0.39 is 0 Å². The summed E-state index contributed by atoms with van der Waals surface area (Å²) >= 11 is 0. The van der Waals surface area contributed by atoms with E-state index in [9.17, 15) is 0 Å². The van der Waals surface area contributed by atoms with Crippen LogP contribution < -0.4 is 0 Å². The second kappa shape index (κ2) is 14.0. The van der Waals surface area contributed by atoms with E-state index in [2.05, 4.69) is 187 Å². The van der Waals surface area contributed by atoms with E-state index >= 15 is 0 Å². The van der Waals surface area contributed by atoms with Crippen LogP contribution in [0.5, 0.6) is 0 Å². The first-order valence-electron chi connectivity index (χ1n) is 18.0. The molecule has 9 aromatic rings. The maximum Gasteiger partial charge on any atom is 0.0649 e. The van der Waals surface area contributed by atoms with Crippen LogP contribution in [0.25, 0.3) is 71.3 Å². The first-order chi connectivity index (χ1) is 26.2. The van der Waals surface area contributed by atoms with E-state index in [1.165, 1.54) is 54.6 Å². The number of rotatable bonds is 7. The van der Waals surface area contributed by atoms with Crippen LogP contribution in [0.15, 0.2) is 205 Å². The number of hydrogen-bond acceptors (Lipinski definition) is 2. The molecule has 0 bridgehead atoms. The van der Waals surface area contributed by atoms with Crippen LogP contribution in [0.2, 0.25) is 0 Å². The van der Waals surface area contributed by atoms with Gasteiger partial charge in [0, 0.05) is 25.0 Å². The highest BCUT2D eigenvalue weighted by Gasteiger charge is 2.14. The number of aromatic nitrogens is 1. The lowest BCUT2D eigenvalue weighted by molar-refractivity contribution is 1.33. The smallest absolute Gasteiger partial charge is 0.0649 e. The monoisotopic (exact) mass is 676 g/mol. The topological polar surface area (TPSA) is 25.2 Å². The molecule has 9 rings (SSSR count). The molecule has 2 nitrogen and oxygen atoms in total. The van der Waals surface area contributed by atoms with Crippen LogP contribution in [0.4, 0.5) is 0 Å². The molecule has 1 heterocycles. The highest BCUT2D eigenvalue weighted by Crippen LogP contribution is 2.38. The summed E-state index contributed by atoms with van der Waals surface area (Å²) in [7, 11) is 1.88. The molecule has 0 unspecified atom stereocenters. The fraction of sp³-hybridized carbons (Fsp3) is 0.0196. The number of hydrogen-bond donors (Lipinski definition) is 0. The Bertz CT molecular complexity index is 2780. The van der Waals surface area contributed by atoms with Crippen molar-refractivity contribution in [2.75, 3.05) is 7.05 Å². The molecule has 0 aliphatic rings. The van der Waals surface area contributed by atoms with Crippen molar-refractivity contribution in [3.8, 4) is 33.4 Å². The van der Waals surface area contributed by atoms with Gasteiger partial charge in [0.1, 0.15) is 0 Å². The maximum absolute atomic E-state index is 4.85. The van der Waals surface area contributed by atoms with Crippen molar-refractivity contribution in [1.82, 2.24) is 4.98 Å². The van der Waals surface area contributed by atoms with Crippen molar-refractivity contribution < 1.29 is 0 Å². The van der Waals surface area contributed by atoms with Gasteiger partial charge in [-0.1, -0.05) is 158 Å². The Morgan fingerprint density at radius 2 is 0.906 bits per heavy atom. The third-order valence-electron chi connectivity index (χ3n) is 10.2. The minimum atomic E-state index is 0.920. The molecule has 0 fully saturated rings. The summed E-state index contributed by atoms with van der Waals surface area (Å²) in [4.78, 5) is 9.19. The van der Waals surface area contributed by atoms with Gasteiger partial charge in [0.15, 0.2) is 0 Å². The zero-order chi connectivity index (χ0) is 35.6. The van der Waals surface area contributed by atoms with Crippen molar-refractivity contribution in [2.45, 2.75) is 0 Å². The largest absolute Gasteiger partial charge is 0.288 e. The Balaban J connectivity index is 1.18. The molecule has 0 atom stereocenters. The average Bonchev–Trinajstić information content (AvgIpc) is 3.25. The first-order valence-corrected chi connectivity index (χ1v) is 18.0. The van der Waals surface area contributed by atoms with E-state index in [0.717, 1.165) is 39.1 Å². The summed E-state index contributed by atoms with van der Waals surface area (Å²) in [5, 5.41) is 7.67. The van der Waals surface area contributed by atoms with Gasteiger partial charge in [-0.15, -0.1) is 0 Å². The lowest BCUT2D eigenvalue weighted by Gasteiger charge is -2.15. The molecule has 53 heavy (non-hydrogen) atoms. The molecule has 0 radical (unpaired) electrons. The van der Waals surface area contributed by atoms with Crippen LogP contribution in [-0.2, 0) is 0 Å². The van der Waals surface area contributed by atoms with Crippen LogP contribution in [0.3, 0.4) is 0 Å². The molecule has 2 heteroatoms. The van der Waals surface area contributed by atoms with Gasteiger partial charge in [0.25, 0.3) is 0 Å². The van der Waals surface area contributed by atoms with Crippen molar-refractivity contribution >= 4 is 43.6 Å². The van der Waals surface area contributed by atoms with Crippen molar-refractivity contribution in [3.63, 3.8) is 0 Å². The molecular formula is C51H36N2. The van der Waals surface area contributed by atoms with E-state index in [-0.39, 0.29) is 0 Å². The molecule has 1 aromatic heterocycles. The predicted molar refractivity (Wildman–Crippen MR) is 225 cm³/mol. The Labute approximate surface area is 310 Å². The molecule has 8 aromatic carbocycles. The third kappa shape index (κ3) is 6.22. The zero-order valence-corrected chi connectivity index (χ0v) is 29.4. The van der Waals surface area contributed by atoms with Gasteiger partial charge in [0.2, 0.25) is 0 Å². The van der Waals surface area contributed by atoms with E-state index in [4.69, 9.17) is 4.99 Å². The highest BCUT2D eigenvalue weighted by molar-refractivity contribution is 6.25. The quantitative estimate of drug-likeness (QED) is 0.122. The summed E-state index contributed by atoms with van der Waals surface area (Å²) in [5.41, 5.74) is 12.3. The standard InChI is InChI=1S/C51H36N2/c1-52-51(42-17-10-14-38(31-42)35-12-3-2-4-13-35)33-49(37-25-23-36(24-26-37)43-18-11-29-53-34-43)41-16-9-15-39(30-41)40-27-28-48-46-21-6-5-19-44(46)45-20-7-8-22-47(45)50(48)32-40/h2-34H,1H3/b49-33-,52-51?. The number of pyridine rings is 1. The van der Waals surface area contributed by atoms with Crippen molar-refractivity contribution in [1.29, 1.82) is 0 Å². The minimum Gasteiger partial charge on any atom is -0.288 e. The second-order valence-electron chi connectivity index (χ2n) is 13.4. The molecule has 0 saturated heterocycles. The molecule has 0 aliphatic heterocycles. The van der Waals surface area contributed by atoms with Gasteiger partial charge >= 0.3 is 0 Å². The first kappa shape index (κ1) is 32.0. The number of nitrogens with zero attached hydrogens (tertiary/aromatic N) is 2. The Morgan fingerprint density at radius 1 is 0.396 bits per heavy atom. The van der Waals surface area contributed by atoms with E-state index in [1.807, 2.05) is 25.5 Å². The highest BCUT2D eigenvalue weighted by atomic mass is 14.7. The number of benzene rings is 8. The molecule has 0 aliphatic carbocycles. The van der Waals surface area contributed by atoms with E-state index in [0.29, 0.717) is 0 Å². The number of allylic oxidation sites excluding steroid dienone is 1. The van der Waals surface area contributed by atoms with Gasteiger partial charge in [-0.05, 0) is 113 Å². The van der Waals surface area contributed by atoms with Gasteiger partial charge in [-0.3, -0.25) is 9.98 Å². The molecular weight excluding hydrogens is 641 g/mol. The predicted octanol–water partition coefficient (Wildman–Crippen LogP) is 13.1. The van der Waals surface area contributed by atoms with Gasteiger partial charge in [-0.25, -0.2) is 0 Å². The SMILES string of the molecule is CN=C(/C=C(/c1ccc(-c2cccnc2)cc1)c1cccc(-c2ccc3c4ccccc4c4ccccc4c3c2)c1)c1cccc(-c2ccccc2)c1. The average molecular weight is 677 g/mol. The Kier molecular flexibility index (Phi) is 8.47. The zero-order valence-electron chi connectivity index (χ0n) is 29.4. The van der Waals surface area contributed by atoms with E-state index in [1.54, 1.807) is 0 Å². The summed E-state index contributed by atoms with van der Waals surface area (Å²) in [6.07, 6.45) is 5.96. The fourth-order valence-electron chi connectivity index (χ4n) is 7.56. The summed E-state index contributed by atoms with van der Waals surface area (Å²) in [6.45, 7) is 0. The van der Waals surface area contributed by atoms with Gasteiger partial charge < -0.3 is 0 Å².